The van der Waals surface area contributed by atoms with E-state index in [2.05, 4.69) is 36.1 Å². The summed E-state index contributed by atoms with van der Waals surface area (Å²) in [6.07, 6.45) is 2.24. The fourth-order valence-electron chi connectivity index (χ4n) is 1.92. The lowest BCUT2D eigenvalue weighted by atomic mass is 10.3. The van der Waals surface area contributed by atoms with Crippen LogP contribution in [0.5, 0.6) is 0 Å². The van der Waals surface area contributed by atoms with Crippen molar-refractivity contribution in [3.63, 3.8) is 0 Å². The number of para-hydroxylation sites is 1. The molecule has 2 aromatic heterocycles. The molecule has 0 radical (unpaired) electrons. The zero-order valence-electron chi connectivity index (χ0n) is 11.2. The smallest absolute Gasteiger partial charge is 0.265 e. The van der Waals surface area contributed by atoms with Crippen molar-refractivity contribution < 1.29 is 0 Å². The van der Waals surface area contributed by atoms with Gasteiger partial charge in [0.05, 0.1) is 17.6 Å². The van der Waals surface area contributed by atoms with Crippen molar-refractivity contribution in [3.8, 4) is 17.2 Å². The Kier molecular flexibility index (Phi) is 3.66. The van der Waals surface area contributed by atoms with Crippen LogP contribution in [0.2, 0.25) is 0 Å². The minimum Gasteiger partial charge on any atom is -0.304 e. The van der Waals surface area contributed by atoms with E-state index in [0.717, 1.165) is 5.69 Å². The summed E-state index contributed by atoms with van der Waals surface area (Å²) < 4.78 is 0.462. The Bertz CT molecular complexity index is 825. The number of benzene rings is 1. The molecule has 0 spiro atoms. The van der Waals surface area contributed by atoms with E-state index in [0.29, 0.717) is 28.1 Å². The zero-order valence-corrected chi connectivity index (χ0v) is 12.8. The standard InChI is InChI=1S/C14H12BrN5O/c1-2-10-12(15)14(21)18-13(17-10)11-8-16-20(19-11)9-6-4-3-5-7-9/h3-8H,2H2,1H3,(H,17,18,21). The molecule has 3 rings (SSSR count). The summed E-state index contributed by atoms with van der Waals surface area (Å²) in [6, 6.07) is 9.55. The van der Waals surface area contributed by atoms with Crippen LogP contribution >= 0.6 is 15.9 Å². The number of aromatic nitrogens is 5. The molecule has 0 bridgehead atoms. The fourth-order valence-corrected chi connectivity index (χ4v) is 2.39. The van der Waals surface area contributed by atoms with Gasteiger partial charge in [0.2, 0.25) is 0 Å². The molecule has 0 amide bonds. The van der Waals surface area contributed by atoms with Crippen molar-refractivity contribution >= 4 is 15.9 Å². The van der Waals surface area contributed by atoms with E-state index in [9.17, 15) is 4.79 Å². The molecule has 3 aromatic rings. The highest BCUT2D eigenvalue weighted by atomic mass is 79.9. The Hall–Kier alpha value is -2.28. The van der Waals surface area contributed by atoms with Gasteiger partial charge in [0.1, 0.15) is 10.2 Å². The Morgan fingerprint density at radius 2 is 2.05 bits per heavy atom. The summed E-state index contributed by atoms with van der Waals surface area (Å²) in [6.45, 7) is 1.94. The van der Waals surface area contributed by atoms with Gasteiger partial charge in [-0.25, -0.2) is 4.98 Å². The lowest BCUT2D eigenvalue weighted by Crippen LogP contribution is -2.13. The van der Waals surface area contributed by atoms with Gasteiger partial charge in [-0.1, -0.05) is 25.1 Å². The van der Waals surface area contributed by atoms with Crippen LogP contribution in [0, 0.1) is 0 Å². The molecule has 0 saturated carbocycles. The first-order valence-electron chi connectivity index (χ1n) is 6.46. The van der Waals surface area contributed by atoms with Crippen LogP contribution in [0.25, 0.3) is 17.2 Å². The molecule has 0 unspecified atom stereocenters. The Morgan fingerprint density at radius 1 is 1.29 bits per heavy atom. The van der Waals surface area contributed by atoms with Crippen molar-refractivity contribution in [1.82, 2.24) is 25.0 Å². The SMILES string of the molecule is CCc1nc(-c2cnn(-c3ccccc3)n2)[nH]c(=O)c1Br. The molecule has 0 saturated heterocycles. The van der Waals surface area contributed by atoms with Gasteiger partial charge < -0.3 is 4.98 Å². The van der Waals surface area contributed by atoms with Crippen LogP contribution < -0.4 is 5.56 Å². The Balaban J connectivity index is 2.05. The van der Waals surface area contributed by atoms with E-state index in [1.165, 1.54) is 4.80 Å². The zero-order chi connectivity index (χ0) is 14.8. The average molecular weight is 346 g/mol. The molecule has 2 heterocycles. The van der Waals surface area contributed by atoms with E-state index in [1.54, 1.807) is 6.20 Å². The van der Waals surface area contributed by atoms with E-state index in [-0.39, 0.29) is 5.56 Å². The van der Waals surface area contributed by atoms with Gasteiger partial charge >= 0.3 is 0 Å². The number of aromatic amines is 1. The lowest BCUT2D eigenvalue weighted by Gasteiger charge is -2.02. The first-order chi connectivity index (χ1) is 10.2. The summed E-state index contributed by atoms with van der Waals surface area (Å²) in [5, 5.41) is 8.56. The molecule has 6 nitrogen and oxygen atoms in total. The van der Waals surface area contributed by atoms with Gasteiger partial charge in [-0.15, -0.1) is 5.10 Å². The molecule has 0 atom stereocenters. The molecule has 0 aliphatic carbocycles. The minimum atomic E-state index is -0.217. The molecule has 7 heteroatoms. The van der Waals surface area contributed by atoms with Crippen LogP contribution in [-0.4, -0.2) is 25.0 Å². The molecule has 1 N–H and O–H groups in total. The second kappa shape index (κ2) is 5.61. The van der Waals surface area contributed by atoms with Crippen molar-refractivity contribution in [2.75, 3.05) is 0 Å². The molecule has 1 aromatic carbocycles. The topological polar surface area (TPSA) is 76.5 Å². The van der Waals surface area contributed by atoms with Gasteiger partial charge in [-0.3, -0.25) is 4.79 Å². The number of H-pyrrole nitrogens is 1. The maximum atomic E-state index is 11.9. The average Bonchev–Trinajstić information content (AvgIpc) is 3.00. The molecule has 0 aliphatic heterocycles. The van der Waals surface area contributed by atoms with E-state index >= 15 is 0 Å². The number of halogens is 1. The second-order valence-electron chi connectivity index (χ2n) is 4.38. The van der Waals surface area contributed by atoms with Gasteiger partial charge in [0.15, 0.2) is 5.82 Å². The largest absolute Gasteiger partial charge is 0.304 e. The van der Waals surface area contributed by atoms with Crippen molar-refractivity contribution in [2.24, 2.45) is 0 Å². The third-order valence-electron chi connectivity index (χ3n) is 2.99. The van der Waals surface area contributed by atoms with Gasteiger partial charge in [0, 0.05) is 0 Å². The van der Waals surface area contributed by atoms with E-state index in [1.807, 2.05) is 37.3 Å². The summed E-state index contributed by atoms with van der Waals surface area (Å²) in [4.78, 5) is 20.5. The molecule has 0 fully saturated rings. The van der Waals surface area contributed by atoms with Crippen LogP contribution in [0.3, 0.4) is 0 Å². The molecule has 21 heavy (non-hydrogen) atoms. The normalized spacial score (nSPS) is 10.8. The highest BCUT2D eigenvalue weighted by Gasteiger charge is 2.12. The number of nitrogens with zero attached hydrogens (tertiary/aromatic N) is 4. The fraction of sp³-hybridized carbons (Fsp3) is 0.143. The lowest BCUT2D eigenvalue weighted by molar-refractivity contribution is 0.752. The monoisotopic (exact) mass is 345 g/mol. The maximum Gasteiger partial charge on any atom is 0.265 e. The number of hydrogen-bond donors (Lipinski definition) is 1. The van der Waals surface area contributed by atoms with Crippen molar-refractivity contribution in [1.29, 1.82) is 0 Å². The third-order valence-corrected chi connectivity index (χ3v) is 3.81. The van der Waals surface area contributed by atoms with Crippen LogP contribution in [0.15, 0.2) is 45.8 Å². The highest BCUT2D eigenvalue weighted by Crippen LogP contribution is 2.15. The molecular weight excluding hydrogens is 334 g/mol. The second-order valence-corrected chi connectivity index (χ2v) is 5.18. The van der Waals surface area contributed by atoms with E-state index in [4.69, 9.17) is 0 Å². The van der Waals surface area contributed by atoms with Gasteiger partial charge in [0.25, 0.3) is 5.56 Å². The highest BCUT2D eigenvalue weighted by molar-refractivity contribution is 9.10. The van der Waals surface area contributed by atoms with Crippen LogP contribution in [0.1, 0.15) is 12.6 Å². The summed E-state index contributed by atoms with van der Waals surface area (Å²) >= 11 is 3.24. The summed E-state index contributed by atoms with van der Waals surface area (Å²) in [5.74, 6) is 0.419. The Labute approximate surface area is 129 Å². The summed E-state index contributed by atoms with van der Waals surface area (Å²) in [5.41, 5.74) is 1.85. The van der Waals surface area contributed by atoms with Crippen LogP contribution in [0.4, 0.5) is 0 Å². The molecular formula is C14H12BrN5O. The minimum absolute atomic E-state index is 0.217. The quantitative estimate of drug-likeness (QED) is 0.790. The number of nitrogens with one attached hydrogen (secondary N) is 1. The first-order valence-corrected chi connectivity index (χ1v) is 7.25. The molecule has 106 valence electrons. The maximum absolute atomic E-state index is 11.9. The molecule has 0 aliphatic rings. The van der Waals surface area contributed by atoms with E-state index < -0.39 is 0 Å². The number of aryl methyl sites for hydroxylation is 1. The number of hydrogen-bond acceptors (Lipinski definition) is 4. The first kappa shape index (κ1) is 13.7. The Morgan fingerprint density at radius 3 is 2.76 bits per heavy atom. The predicted octanol–water partition coefficient (Wildman–Crippen LogP) is 2.34. The van der Waals surface area contributed by atoms with Crippen LogP contribution in [-0.2, 0) is 6.42 Å². The van der Waals surface area contributed by atoms with Gasteiger partial charge in [-0.2, -0.15) is 9.90 Å². The van der Waals surface area contributed by atoms with Gasteiger partial charge in [-0.05, 0) is 34.5 Å². The predicted molar refractivity (Wildman–Crippen MR) is 82.3 cm³/mol. The van der Waals surface area contributed by atoms with Crippen molar-refractivity contribution in [3.05, 3.63) is 57.0 Å². The third kappa shape index (κ3) is 2.64. The van der Waals surface area contributed by atoms with Crippen molar-refractivity contribution in [2.45, 2.75) is 13.3 Å². The summed E-state index contributed by atoms with van der Waals surface area (Å²) in [7, 11) is 0. The number of rotatable bonds is 3.